The zero-order chi connectivity index (χ0) is 15.7. The first-order valence-corrected chi connectivity index (χ1v) is 7.67. The Morgan fingerprint density at radius 2 is 2.05 bits per heavy atom. The molecule has 22 heavy (non-hydrogen) atoms. The molecule has 7 nitrogen and oxygen atoms in total. The quantitative estimate of drug-likeness (QED) is 0.418. The smallest absolute Gasteiger partial charge is 0.291 e. The average molecular weight is 316 g/mol. The third-order valence-corrected chi connectivity index (χ3v) is 4.11. The van der Waals surface area contributed by atoms with Gasteiger partial charge in [-0.25, -0.2) is 4.52 Å². The molecule has 0 saturated heterocycles. The normalized spacial score (nSPS) is 11.0. The highest BCUT2D eigenvalue weighted by atomic mass is 32.2. The number of rotatable bonds is 4. The number of hydrogen-bond donors (Lipinski definition) is 0. The molecule has 0 bridgehead atoms. The number of fused-ring (bicyclic) bond motifs is 1. The Kier molecular flexibility index (Phi) is 3.68. The SMILES string of the molecule is CSc1c([N+](=O)[O-])cn2ncn(Cc3ccccc3)c(=O)c12. The molecule has 0 atom stereocenters. The van der Waals surface area contributed by atoms with Gasteiger partial charge >= 0.3 is 5.69 Å². The van der Waals surface area contributed by atoms with Crippen LogP contribution < -0.4 is 5.56 Å². The first kappa shape index (κ1) is 14.3. The number of benzene rings is 1. The lowest BCUT2D eigenvalue weighted by atomic mass is 10.2. The van der Waals surface area contributed by atoms with Crippen molar-refractivity contribution in [1.82, 2.24) is 14.2 Å². The van der Waals surface area contributed by atoms with Crippen LogP contribution in [0.5, 0.6) is 0 Å². The van der Waals surface area contributed by atoms with Crippen molar-refractivity contribution in [3.63, 3.8) is 0 Å². The first-order valence-electron chi connectivity index (χ1n) is 6.45. The van der Waals surface area contributed by atoms with Crippen molar-refractivity contribution in [3.05, 3.63) is 68.9 Å². The summed E-state index contributed by atoms with van der Waals surface area (Å²) in [6.07, 6.45) is 4.38. The van der Waals surface area contributed by atoms with Crippen molar-refractivity contribution in [1.29, 1.82) is 0 Å². The molecule has 0 unspecified atom stereocenters. The van der Waals surface area contributed by atoms with Crippen molar-refractivity contribution in [3.8, 4) is 0 Å². The summed E-state index contributed by atoms with van der Waals surface area (Å²) < 4.78 is 2.72. The molecule has 0 spiro atoms. The zero-order valence-electron chi connectivity index (χ0n) is 11.7. The van der Waals surface area contributed by atoms with Gasteiger partial charge in [0.2, 0.25) is 0 Å². The minimum absolute atomic E-state index is 0.102. The van der Waals surface area contributed by atoms with Crippen molar-refractivity contribution in [2.75, 3.05) is 6.26 Å². The highest BCUT2D eigenvalue weighted by Crippen LogP contribution is 2.31. The van der Waals surface area contributed by atoms with Gasteiger partial charge in [0, 0.05) is 0 Å². The van der Waals surface area contributed by atoms with E-state index < -0.39 is 4.92 Å². The number of hydrogen-bond acceptors (Lipinski definition) is 5. The fraction of sp³-hybridized carbons (Fsp3) is 0.143. The molecule has 2 heterocycles. The summed E-state index contributed by atoms with van der Waals surface area (Å²) in [7, 11) is 0. The summed E-state index contributed by atoms with van der Waals surface area (Å²) in [5.41, 5.74) is 0.797. The molecule has 0 saturated carbocycles. The van der Waals surface area contributed by atoms with E-state index in [4.69, 9.17) is 0 Å². The molecule has 3 rings (SSSR count). The molecule has 0 radical (unpaired) electrons. The summed E-state index contributed by atoms with van der Waals surface area (Å²) in [4.78, 5) is 23.5. The minimum Gasteiger partial charge on any atom is -0.291 e. The monoisotopic (exact) mass is 316 g/mol. The molecule has 0 N–H and O–H groups in total. The zero-order valence-corrected chi connectivity index (χ0v) is 12.5. The predicted molar refractivity (Wildman–Crippen MR) is 83.4 cm³/mol. The minimum atomic E-state index is -0.499. The molecule has 0 aliphatic carbocycles. The average Bonchev–Trinajstić information content (AvgIpc) is 2.91. The molecular weight excluding hydrogens is 304 g/mol. The highest BCUT2D eigenvalue weighted by Gasteiger charge is 2.23. The van der Waals surface area contributed by atoms with Gasteiger partial charge in [-0.1, -0.05) is 30.3 Å². The van der Waals surface area contributed by atoms with Crippen LogP contribution in [0.3, 0.4) is 0 Å². The molecule has 112 valence electrons. The van der Waals surface area contributed by atoms with Gasteiger partial charge in [0.25, 0.3) is 5.56 Å². The Bertz CT molecular complexity index is 902. The van der Waals surface area contributed by atoms with E-state index in [0.717, 1.165) is 5.56 Å². The maximum absolute atomic E-state index is 12.6. The van der Waals surface area contributed by atoms with Gasteiger partial charge in [-0.15, -0.1) is 11.8 Å². The van der Waals surface area contributed by atoms with E-state index in [1.165, 1.54) is 33.4 Å². The van der Waals surface area contributed by atoms with Crippen molar-refractivity contribution < 1.29 is 4.92 Å². The van der Waals surface area contributed by atoms with Gasteiger partial charge in [-0.3, -0.25) is 19.5 Å². The standard InChI is InChI=1S/C14H12N4O3S/c1-22-13-11(18(20)21)8-17-12(13)14(19)16(9-15-17)7-10-5-3-2-4-6-10/h2-6,8-9H,7H2,1H3. The van der Waals surface area contributed by atoms with Crippen molar-refractivity contribution in [2.45, 2.75) is 11.4 Å². The van der Waals surface area contributed by atoms with E-state index in [9.17, 15) is 14.9 Å². The molecule has 1 aromatic carbocycles. The van der Waals surface area contributed by atoms with Crippen molar-refractivity contribution in [2.24, 2.45) is 0 Å². The molecule has 0 aliphatic rings. The van der Waals surface area contributed by atoms with E-state index in [-0.39, 0.29) is 16.8 Å². The van der Waals surface area contributed by atoms with Crippen LogP contribution in [0.2, 0.25) is 0 Å². The molecule has 3 aromatic rings. The van der Waals surface area contributed by atoms with Gasteiger partial charge in [-0.2, -0.15) is 5.10 Å². The van der Waals surface area contributed by atoms with Crippen LogP contribution in [-0.4, -0.2) is 25.4 Å². The van der Waals surface area contributed by atoms with E-state index >= 15 is 0 Å². The van der Waals surface area contributed by atoms with E-state index in [0.29, 0.717) is 11.4 Å². The largest absolute Gasteiger partial charge is 0.303 e. The summed E-state index contributed by atoms with van der Waals surface area (Å²) in [5, 5.41) is 15.2. The van der Waals surface area contributed by atoms with Gasteiger partial charge in [0.15, 0.2) is 5.52 Å². The summed E-state index contributed by atoms with van der Waals surface area (Å²) >= 11 is 1.17. The second-order valence-corrected chi connectivity index (χ2v) is 5.46. The maximum Gasteiger partial charge on any atom is 0.303 e. The molecule has 0 aliphatic heterocycles. The Morgan fingerprint density at radius 3 is 2.68 bits per heavy atom. The second kappa shape index (κ2) is 5.64. The summed E-state index contributed by atoms with van der Waals surface area (Å²) in [5.74, 6) is 0. The van der Waals surface area contributed by atoms with Crippen LogP contribution in [0.4, 0.5) is 5.69 Å². The Labute approximate surface area is 129 Å². The van der Waals surface area contributed by atoms with Crippen molar-refractivity contribution >= 4 is 23.0 Å². The van der Waals surface area contributed by atoms with Gasteiger partial charge < -0.3 is 0 Å². The van der Waals surface area contributed by atoms with Gasteiger partial charge in [0.1, 0.15) is 17.4 Å². The van der Waals surface area contributed by atoms with E-state index in [2.05, 4.69) is 5.10 Å². The lowest BCUT2D eigenvalue weighted by Crippen LogP contribution is -2.23. The molecule has 2 aromatic heterocycles. The molecular formula is C14H12N4O3S. The van der Waals surface area contributed by atoms with E-state index in [1.54, 1.807) is 6.26 Å². The van der Waals surface area contributed by atoms with Crippen LogP contribution >= 0.6 is 11.8 Å². The number of aromatic nitrogens is 3. The fourth-order valence-corrected chi connectivity index (χ4v) is 2.99. The third kappa shape index (κ3) is 2.37. The predicted octanol–water partition coefficient (Wildman–Crippen LogP) is 2.17. The van der Waals surface area contributed by atoms with Crippen LogP contribution in [0, 0.1) is 10.1 Å². The molecule has 8 heteroatoms. The van der Waals surface area contributed by atoms with Crippen LogP contribution in [0.15, 0.2) is 52.5 Å². The summed E-state index contributed by atoms with van der Waals surface area (Å²) in [6, 6.07) is 9.50. The van der Waals surface area contributed by atoms with Crippen LogP contribution in [0.1, 0.15) is 5.56 Å². The Balaban J connectivity index is 2.17. The second-order valence-electron chi connectivity index (χ2n) is 4.65. The number of nitro groups is 1. The van der Waals surface area contributed by atoms with Crippen LogP contribution in [0.25, 0.3) is 5.52 Å². The Morgan fingerprint density at radius 1 is 1.32 bits per heavy atom. The van der Waals surface area contributed by atoms with Gasteiger partial charge in [0.05, 0.1) is 11.5 Å². The molecule has 0 fully saturated rings. The lowest BCUT2D eigenvalue weighted by Gasteiger charge is -2.06. The number of thioether (sulfide) groups is 1. The number of nitrogens with zero attached hydrogens (tertiary/aromatic N) is 4. The Hall–Kier alpha value is -2.61. The fourth-order valence-electron chi connectivity index (χ4n) is 2.28. The summed E-state index contributed by atoms with van der Waals surface area (Å²) in [6.45, 7) is 0.371. The maximum atomic E-state index is 12.6. The first-order chi connectivity index (χ1) is 10.6. The lowest BCUT2D eigenvalue weighted by molar-refractivity contribution is -0.387. The van der Waals surface area contributed by atoms with E-state index in [1.807, 2.05) is 30.3 Å². The van der Waals surface area contributed by atoms with Crippen LogP contribution in [-0.2, 0) is 6.54 Å². The molecule has 0 amide bonds. The third-order valence-electron chi connectivity index (χ3n) is 3.30. The van der Waals surface area contributed by atoms with Gasteiger partial charge in [-0.05, 0) is 11.8 Å². The highest BCUT2D eigenvalue weighted by molar-refractivity contribution is 7.99. The topological polar surface area (TPSA) is 82.4 Å².